The lowest BCUT2D eigenvalue weighted by atomic mass is 10.2. The third kappa shape index (κ3) is 5.28. The molecule has 1 saturated heterocycles. The lowest BCUT2D eigenvalue weighted by Gasteiger charge is -2.09. The second kappa shape index (κ2) is 8.45. The minimum Gasteiger partial charge on any atom is -0.455 e. The van der Waals surface area contributed by atoms with Crippen LogP contribution in [0.1, 0.15) is 40.3 Å². The number of hydrogen-bond acceptors (Lipinski definition) is 4. The number of ether oxygens (including phenoxy) is 1. The van der Waals surface area contributed by atoms with E-state index in [4.69, 9.17) is 9.15 Å². The quantitative estimate of drug-likeness (QED) is 0.823. The van der Waals surface area contributed by atoms with Crippen molar-refractivity contribution in [1.29, 1.82) is 0 Å². The van der Waals surface area contributed by atoms with Crippen molar-refractivity contribution in [3.05, 3.63) is 59.0 Å². The van der Waals surface area contributed by atoms with Crippen molar-refractivity contribution in [2.45, 2.75) is 37.4 Å². The summed E-state index contributed by atoms with van der Waals surface area (Å²) in [6.07, 6.45) is 2.11. The van der Waals surface area contributed by atoms with Crippen LogP contribution in [0.3, 0.4) is 0 Å². The molecule has 25 heavy (non-hydrogen) atoms. The Kier molecular flexibility index (Phi) is 6.04. The van der Waals surface area contributed by atoms with Crippen LogP contribution in [0.4, 0.5) is 0 Å². The highest BCUT2D eigenvalue weighted by molar-refractivity contribution is 7.83. The van der Waals surface area contributed by atoms with Gasteiger partial charge in [-0.1, -0.05) is 29.8 Å². The molecule has 5 nitrogen and oxygen atoms in total. The standard InChI is InChI=1S/C19H23NO4S/c1-14-4-6-15(7-5-14)12-25(22)13-17-8-9-18(24-17)19(21)20-11-16-3-2-10-23-16/h4-9,16H,2-3,10-13H2,1H3,(H,20,21)/t16-,25+/m0/s1. The van der Waals surface area contributed by atoms with Crippen molar-refractivity contribution >= 4 is 16.7 Å². The average molecular weight is 361 g/mol. The molecule has 1 fully saturated rings. The predicted molar refractivity (Wildman–Crippen MR) is 96.7 cm³/mol. The highest BCUT2D eigenvalue weighted by Crippen LogP contribution is 2.14. The molecule has 1 aromatic carbocycles. The van der Waals surface area contributed by atoms with Gasteiger partial charge in [-0.25, -0.2) is 0 Å². The van der Waals surface area contributed by atoms with E-state index < -0.39 is 10.8 Å². The molecule has 1 aromatic heterocycles. The number of benzene rings is 1. The molecule has 0 saturated carbocycles. The van der Waals surface area contributed by atoms with E-state index in [2.05, 4.69) is 5.32 Å². The summed E-state index contributed by atoms with van der Waals surface area (Å²) in [6.45, 7) is 3.28. The Morgan fingerprint density at radius 2 is 2.00 bits per heavy atom. The van der Waals surface area contributed by atoms with Crippen LogP contribution in [0.25, 0.3) is 0 Å². The minimum atomic E-state index is -1.08. The van der Waals surface area contributed by atoms with Gasteiger partial charge < -0.3 is 14.5 Å². The van der Waals surface area contributed by atoms with Crippen LogP contribution in [0, 0.1) is 6.92 Å². The molecule has 134 valence electrons. The second-order valence-electron chi connectivity index (χ2n) is 6.33. The zero-order valence-corrected chi connectivity index (χ0v) is 15.1. The third-order valence-electron chi connectivity index (χ3n) is 4.15. The van der Waals surface area contributed by atoms with Crippen molar-refractivity contribution < 1.29 is 18.2 Å². The number of aryl methyl sites for hydroxylation is 1. The van der Waals surface area contributed by atoms with Crippen molar-refractivity contribution in [2.24, 2.45) is 0 Å². The maximum absolute atomic E-state index is 12.3. The Morgan fingerprint density at radius 3 is 2.72 bits per heavy atom. The minimum absolute atomic E-state index is 0.0976. The first-order valence-corrected chi connectivity index (χ1v) is 9.98. The fraction of sp³-hybridized carbons (Fsp3) is 0.421. The van der Waals surface area contributed by atoms with Crippen LogP contribution >= 0.6 is 0 Å². The van der Waals surface area contributed by atoms with Gasteiger partial charge in [-0.15, -0.1) is 0 Å². The van der Waals surface area contributed by atoms with Crippen LogP contribution in [0.15, 0.2) is 40.8 Å². The van der Waals surface area contributed by atoms with Crippen LogP contribution in [-0.4, -0.2) is 29.4 Å². The molecule has 2 aromatic rings. The molecule has 0 bridgehead atoms. The van der Waals surface area contributed by atoms with E-state index in [1.54, 1.807) is 12.1 Å². The van der Waals surface area contributed by atoms with Crippen molar-refractivity contribution in [2.75, 3.05) is 13.2 Å². The maximum Gasteiger partial charge on any atom is 0.287 e. The SMILES string of the molecule is Cc1ccc(C[S@@](=O)Cc2ccc(C(=O)NC[C@@H]3CCCO3)o2)cc1. The van der Waals surface area contributed by atoms with Gasteiger partial charge >= 0.3 is 0 Å². The molecule has 2 heterocycles. The summed E-state index contributed by atoms with van der Waals surface area (Å²) in [4.78, 5) is 12.1. The lowest BCUT2D eigenvalue weighted by molar-refractivity contribution is 0.0834. The number of nitrogens with one attached hydrogen (secondary N) is 1. The third-order valence-corrected chi connectivity index (χ3v) is 5.41. The Morgan fingerprint density at radius 1 is 1.20 bits per heavy atom. The Bertz CT molecular complexity index is 732. The van der Waals surface area contributed by atoms with E-state index in [-0.39, 0.29) is 17.8 Å². The predicted octanol–water partition coefficient (Wildman–Crippen LogP) is 2.95. The molecule has 1 N–H and O–H groups in total. The molecule has 0 unspecified atom stereocenters. The monoisotopic (exact) mass is 361 g/mol. The molecule has 2 atom stereocenters. The molecule has 0 aliphatic carbocycles. The number of rotatable bonds is 7. The van der Waals surface area contributed by atoms with E-state index >= 15 is 0 Å². The van der Waals surface area contributed by atoms with E-state index in [0.717, 1.165) is 25.0 Å². The van der Waals surface area contributed by atoms with Crippen LogP contribution < -0.4 is 5.32 Å². The highest BCUT2D eigenvalue weighted by Gasteiger charge is 2.18. The van der Waals surface area contributed by atoms with Gasteiger partial charge in [-0.2, -0.15) is 0 Å². The number of hydrogen-bond donors (Lipinski definition) is 1. The maximum atomic E-state index is 12.3. The van der Waals surface area contributed by atoms with Crippen LogP contribution in [0.5, 0.6) is 0 Å². The van der Waals surface area contributed by atoms with E-state index in [9.17, 15) is 9.00 Å². The second-order valence-corrected chi connectivity index (χ2v) is 7.78. The highest BCUT2D eigenvalue weighted by atomic mass is 32.2. The number of carbonyl (C=O) groups excluding carboxylic acids is 1. The van der Waals surface area contributed by atoms with Crippen LogP contribution in [0.2, 0.25) is 0 Å². The summed E-state index contributed by atoms with van der Waals surface area (Å²) in [7, 11) is -1.08. The molecule has 0 spiro atoms. The van der Waals surface area contributed by atoms with E-state index in [0.29, 0.717) is 23.8 Å². The summed E-state index contributed by atoms with van der Waals surface area (Å²) < 4.78 is 23.3. The van der Waals surface area contributed by atoms with Gasteiger partial charge in [0.2, 0.25) is 0 Å². The van der Waals surface area contributed by atoms with Crippen molar-refractivity contribution in [3.63, 3.8) is 0 Å². The largest absolute Gasteiger partial charge is 0.455 e. The van der Waals surface area contributed by atoms with Crippen molar-refractivity contribution in [1.82, 2.24) is 5.32 Å². The van der Waals surface area contributed by atoms with Gasteiger partial charge in [0.25, 0.3) is 5.91 Å². The number of carbonyl (C=O) groups is 1. The molecule has 6 heteroatoms. The molecule has 1 aliphatic rings. The van der Waals surface area contributed by atoms with Gasteiger partial charge in [0.05, 0.1) is 11.9 Å². The smallest absolute Gasteiger partial charge is 0.287 e. The normalized spacial score (nSPS) is 18.2. The summed E-state index contributed by atoms with van der Waals surface area (Å²) in [6, 6.07) is 11.3. The molecule has 3 rings (SSSR count). The fourth-order valence-electron chi connectivity index (χ4n) is 2.76. The van der Waals surface area contributed by atoms with E-state index in [1.807, 2.05) is 31.2 Å². The van der Waals surface area contributed by atoms with Gasteiger partial charge in [-0.3, -0.25) is 9.00 Å². The van der Waals surface area contributed by atoms with Crippen LogP contribution in [-0.2, 0) is 27.0 Å². The Balaban J connectivity index is 1.49. The van der Waals surface area contributed by atoms with Gasteiger partial charge in [-0.05, 0) is 37.5 Å². The first-order chi connectivity index (χ1) is 12.1. The van der Waals surface area contributed by atoms with Gasteiger partial charge in [0.15, 0.2) is 5.76 Å². The molecular weight excluding hydrogens is 338 g/mol. The molecule has 0 radical (unpaired) electrons. The first-order valence-electron chi connectivity index (χ1n) is 8.49. The van der Waals surface area contributed by atoms with Crippen molar-refractivity contribution in [3.8, 4) is 0 Å². The zero-order chi connectivity index (χ0) is 17.6. The first kappa shape index (κ1) is 17.9. The average Bonchev–Trinajstić information content (AvgIpc) is 3.26. The fourth-order valence-corrected chi connectivity index (χ4v) is 3.90. The summed E-state index contributed by atoms with van der Waals surface area (Å²) in [5.41, 5.74) is 2.21. The molecular formula is C19H23NO4S. The number of amides is 1. The molecule has 1 aliphatic heterocycles. The lowest BCUT2D eigenvalue weighted by Crippen LogP contribution is -2.31. The summed E-state index contributed by atoms with van der Waals surface area (Å²) in [5.74, 6) is 1.33. The Hall–Kier alpha value is -1.92. The number of furan rings is 1. The Labute approximate surface area is 150 Å². The van der Waals surface area contributed by atoms with E-state index in [1.165, 1.54) is 5.56 Å². The summed E-state index contributed by atoms with van der Waals surface area (Å²) in [5, 5.41) is 2.82. The van der Waals surface area contributed by atoms with Gasteiger partial charge in [0.1, 0.15) is 5.76 Å². The van der Waals surface area contributed by atoms with Gasteiger partial charge in [0, 0.05) is 29.7 Å². The molecule has 1 amide bonds. The topological polar surface area (TPSA) is 68.5 Å². The zero-order valence-electron chi connectivity index (χ0n) is 14.3. The summed E-state index contributed by atoms with van der Waals surface area (Å²) >= 11 is 0.